The van der Waals surface area contributed by atoms with Crippen molar-refractivity contribution in [1.82, 2.24) is 5.32 Å². The number of urea groups is 1. The molecule has 124 valence electrons. The van der Waals surface area contributed by atoms with Crippen molar-refractivity contribution in [3.8, 4) is 0 Å². The number of nitrogens with one attached hydrogen (secondary N) is 2. The predicted molar refractivity (Wildman–Crippen MR) is 91.6 cm³/mol. The fraction of sp³-hybridized carbons (Fsp3) is 0.562. The van der Waals surface area contributed by atoms with E-state index in [2.05, 4.69) is 10.6 Å². The number of hydrogen-bond acceptors (Lipinski definition) is 3. The number of carbonyl (C=O) groups is 1. The fourth-order valence-electron chi connectivity index (χ4n) is 1.70. The van der Waals surface area contributed by atoms with Crippen LogP contribution in [-0.4, -0.2) is 35.2 Å². The van der Waals surface area contributed by atoms with E-state index >= 15 is 0 Å². The van der Waals surface area contributed by atoms with Gasteiger partial charge in [0.15, 0.2) is 0 Å². The van der Waals surface area contributed by atoms with Crippen LogP contribution in [0, 0.1) is 0 Å². The fourth-order valence-corrected chi connectivity index (χ4v) is 2.62. The molecule has 0 aromatic heterocycles. The topological polar surface area (TPSA) is 67.4 Å². The summed E-state index contributed by atoms with van der Waals surface area (Å²) in [6.07, 6.45) is 0.772. The minimum atomic E-state index is -0.959. The van der Waals surface area contributed by atoms with Crippen LogP contribution >= 0.6 is 0 Å². The Morgan fingerprint density at radius 3 is 2.68 bits per heavy atom. The first-order valence-electron chi connectivity index (χ1n) is 7.34. The minimum Gasteiger partial charge on any atom is -0.385 e. The molecule has 1 aromatic carbocycles. The summed E-state index contributed by atoms with van der Waals surface area (Å²) in [7, 11) is 0.673. The molecule has 22 heavy (non-hydrogen) atoms. The third kappa shape index (κ3) is 7.04. The van der Waals surface area contributed by atoms with Crippen molar-refractivity contribution in [3.63, 3.8) is 0 Å². The maximum Gasteiger partial charge on any atom is 0.319 e. The normalized spacial score (nSPS) is 12.7. The Bertz CT molecular complexity index is 512. The first kappa shape index (κ1) is 18.6. The van der Waals surface area contributed by atoms with Gasteiger partial charge in [0.25, 0.3) is 0 Å². The van der Waals surface area contributed by atoms with Crippen molar-refractivity contribution in [1.29, 1.82) is 0 Å². The minimum absolute atomic E-state index is 0.245. The van der Waals surface area contributed by atoms with E-state index in [1.165, 1.54) is 0 Å². The lowest BCUT2D eigenvalue weighted by Gasteiger charge is -2.18. The smallest absolute Gasteiger partial charge is 0.319 e. The maximum absolute atomic E-state index is 12.2. The molecule has 0 bridgehead atoms. The summed E-state index contributed by atoms with van der Waals surface area (Å²) >= 11 is 0. The molecule has 2 amide bonds. The zero-order valence-electron chi connectivity index (χ0n) is 13.8. The molecule has 1 aromatic rings. The second-order valence-corrected chi connectivity index (χ2v) is 8.23. The molecule has 6 heteroatoms. The van der Waals surface area contributed by atoms with Crippen molar-refractivity contribution in [2.45, 2.75) is 37.7 Å². The van der Waals surface area contributed by atoms with Gasteiger partial charge in [-0.1, -0.05) is 12.1 Å². The molecule has 0 aliphatic heterocycles. The Kier molecular flexibility index (Phi) is 7.55. The van der Waals surface area contributed by atoms with E-state index in [1.54, 1.807) is 7.11 Å². The molecule has 0 saturated carbocycles. The van der Waals surface area contributed by atoms with Gasteiger partial charge in [-0.05, 0) is 44.9 Å². The molecular formula is C16H26N2O3S. The number of benzene rings is 1. The highest BCUT2D eigenvalue weighted by Gasteiger charge is 2.19. The molecule has 0 aliphatic carbocycles. The van der Waals surface area contributed by atoms with E-state index in [9.17, 15) is 9.00 Å². The van der Waals surface area contributed by atoms with Gasteiger partial charge in [0.05, 0.1) is 0 Å². The molecule has 5 nitrogen and oxygen atoms in total. The molecule has 0 fully saturated rings. The Morgan fingerprint density at radius 1 is 1.32 bits per heavy atom. The van der Waals surface area contributed by atoms with E-state index in [4.69, 9.17) is 4.74 Å². The monoisotopic (exact) mass is 326 g/mol. The van der Waals surface area contributed by atoms with Crippen LogP contribution < -0.4 is 10.6 Å². The van der Waals surface area contributed by atoms with Crippen LogP contribution in [0.3, 0.4) is 0 Å². The van der Waals surface area contributed by atoms with Gasteiger partial charge in [0, 0.05) is 47.2 Å². The molecule has 0 saturated heterocycles. The van der Waals surface area contributed by atoms with Crippen molar-refractivity contribution in [2.24, 2.45) is 0 Å². The van der Waals surface area contributed by atoms with Crippen molar-refractivity contribution < 1.29 is 13.7 Å². The standard InChI is InChI=1S/C16H26N2O3S/c1-16(2,3)22(20)12-13-7-5-8-14(11-13)18-15(19)17-9-6-10-21-4/h5,7-8,11H,6,9-10,12H2,1-4H3,(H2,17,18,19)/t22-/m1/s1. The van der Waals surface area contributed by atoms with Gasteiger partial charge in [0.2, 0.25) is 0 Å². The van der Waals surface area contributed by atoms with E-state index in [1.807, 2.05) is 45.0 Å². The van der Waals surface area contributed by atoms with Crippen LogP contribution in [0.1, 0.15) is 32.8 Å². The summed E-state index contributed by atoms with van der Waals surface area (Å²) in [6.45, 7) is 7.05. The molecule has 0 heterocycles. The lowest BCUT2D eigenvalue weighted by molar-refractivity contribution is 0.194. The quantitative estimate of drug-likeness (QED) is 0.757. The highest BCUT2D eigenvalue weighted by molar-refractivity contribution is 7.85. The van der Waals surface area contributed by atoms with E-state index < -0.39 is 10.8 Å². The number of anilines is 1. The van der Waals surface area contributed by atoms with Gasteiger partial charge < -0.3 is 15.4 Å². The van der Waals surface area contributed by atoms with Crippen LogP contribution in [0.4, 0.5) is 10.5 Å². The lowest BCUT2D eigenvalue weighted by atomic mass is 10.2. The number of ether oxygens (including phenoxy) is 1. The highest BCUT2D eigenvalue weighted by atomic mass is 32.2. The average Bonchev–Trinajstić information content (AvgIpc) is 2.43. The molecule has 1 atom stereocenters. The second kappa shape index (κ2) is 8.90. The number of carbonyl (C=O) groups excluding carboxylic acids is 1. The number of rotatable bonds is 7. The maximum atomic E-state index is 12.2. The molecule has 0 radical (unpaired) electrons. The van der Waals surface area contributed by atoms with Crippen LogP contribution in [0.2, 0.25) is 0 Å². The van der Waals surface area contributed by atoms with Gasteiger partial charge in [-0.2, -0.15) is 0 Å². The second-order valence-electron chi connectivity index (χ2n) is 6.03. The summed E-state index contributed by atoms with van der Waals surface area (Å²) in [5, 5.41) is 5.54. The van der Waals surface area contributed by atoms with E-state index in [-0.39, 0.29) is 10.8 Å². The predicted octanol–water partition coefficient (Wildman–Crippen LogP) is 2.89. The molecule has 2 N–H and O–H groups in total. The SMILES string of the molecule is COCCCNC(=O)Nc1cccc(C[S@@](=O)C(C)(C)C)c1. The lowest BCUT2D eigenvalue weighted by Crippen LogP contribution is -2.30. The molecule has 1 rings (SSSR count). The Labute approximate surface area is 135 Å². The largest absolute Gasteiger partial charge is 0.385 e. The zero-order valence-corrected chi connectivity index (χ0v) is 14.6. The third-order valence-electron chi connectivity index (χ3n) is 2.98. The summed E-state index contributed by atoms with van der Waals surface area (Å²) < 4.78 is 16.8. The number of hydrogen-bond donors (Lipinski definition) is 2. The van der Waals surface area contributed by atoms with Crippen molar-refractivity contribution in [2.75, 3.05) is 25.6 Å². The molecule has 0 unspecified atom stereocenters. The van der Waals surface area contributed by atoms with E-state index in [0.29, 0.717) is 24.6 Å². The summed E-state index contributed by atoms with van der Waals surface area (Å²) in [6, 6.07) is 7.21. The van der Waals surface area contributed by atoms with Crippen molar-refractivity contribution in [3.05, 3.63) is 29.8 Å². The van der Waals surface area contributed by atoms with Gasteiger partial charge in [-0.3, -0.25) is 4.21 Å². The van der Waals surface area contributed by atoms with Gasteiger partial charge in [0.1, 0.15) is 0 Å². The van der Waals surface area contributed by atoms with Crippen LogP contribution in [0.25, 0.3) is 0 Å². The van der Waals surface area contributed by atoms with Crippen LogP contribution in [0.15, 0.2) is 24.3 Å². The molecular weight excluding hydrogens is 300 g/mol. The van der Waals surface area contributed by atoms with Crippen molar-refractivity contribution >= 4 is 22.5 Å². The Hall–Kier alpha value is -1.40. The van der Waals surface area contributed by atoms with Gasteiger partial charge >= 0.3 is 6.03 Å². The van der Waals surface area contributed by atoms with E-state index in [0.717, 1.165) is 12.0 Å². The Balaban J connectivity index is 2.53. The number of amides is 2. The first-order valence-corrected chi connectivity index (χ1v) is 8.66. The van der Waals surface area contributed by atoms with Gasteiger partial charge in [-0.15, -0.1) is 0 Å². The van der Waals surface area contributed by atoms with Crippen LogP contribution in [-0.2, 0) is 21.3 Å². The average molecular weight is 326 g/mol. The Morgan fingerprint density at radius 2 is 2.05 bits per heavy atom. The first-order chi connectivity index (χ1) is 10.3. The molecule has 0 spiro atoms. The molecule has 0 aliphatic rings. The zero-order chi connectivity index (χ0) is 16.6. The van der Waals surface area contributed by atoms with Gasteiger partial charge in [-0.25, -0.2) is 4.79 Å². The highest BCUT2D eigenvalue weighted by Crippen LogP contribution is 2.18. The number of methoxy groups -OCH3 is 1. The summed E-state index contributed by atoms with van der Waals surface area (Å²) in [5.41, 5.74) is 1.65. The summed E-state index contributed by atoms with van der Waals surface area (Å²) in [4.78, 5) is 11.7. The van der Waals surface area contributed by atoms with Crippen LogP contribution in [0.5, 0.6) is 0 Å². The third-order valence-corrected chi connectivity index (χ3v) is 4.94. The summed E-state index contributed by atoms with van der Waals surface area (Å²) in [5.74, 6) is 0.481.